The zero-order valence-corrected chi connectivity index (χ0v) is 36.4. The molecule has 7 rings (SSSR count). The molecule has 2 saturated heterocycles. The van der Waals surface area contributed by atoms with Crippen molar-refractivity contribution in [2.75, 3.05) is 90.9 Å². The highest BCUT2D eigenvalue weighted by Crippen LogP contribution is 2.47. The number of fused-ring (bicyclic) bond motifs is 3. The SMILES string of the molecule is CCCCc1cc(Cl)ccc1[C@@H]1COc2ccc3nc2N(C1)C[C@@H]1CC[C@H]1[C@@](CN1CCN2CCOC[C@@H]2C1)(OCC)/C=C/C[C@H](C)[C@@H](CCOC)S(=O)(=O)NC3=O. The van der Waals surface area contributed by atoms with Crippen LogP contribution in [0.4, 0.5) is 5.82 Å². The van der Waals surface area contributed by atoms with E-state index in [2.05, 4.69) is 57.6 Å². The number of nitrogens with zero attached hydrogens (tertiary/aromatic N) is 4. The Hall–Kier alpha value is -2.78. The lowest BCUT2D eigenvalue weighted by Gasteiger charge is -2.53. The lowest BCUT2D eigenvalue weighted by atomic mass is 9.63. The van der Waals surface area contributed by atoms with Gasteiger partial charge in [0.05, 0.1) is 25.1 Å². The molecule has 1 saturated carbocycles. The summed E-state index contributed by atoms with van der Waals surface area (Å²) in [4.78, 5) is 26.2. The molecule has 14 heteroatoms. The number of pyridine rings is 1. The first kappa shape index (κ1) is 43.3. The number of morpholine rings is 1. The van der Waals surface area contributed by atoms with Crippen molar-refractivity contribution in [3.8, 4) is 5.75 Å². The summed E-state index contributed by atoms with van der Waals surface area (Å²) in [6, 6.07) is 9.89. The number of amides is 1. The van der Waals surface area contributed by atoms with Gasteiger partial charge in [-0.2, -0.15) is 0 Å². The van der Waals surface area contributed by atoms with E-state index in [9.17, 15) is 13.2 Å². The first-order chi connectivity index (χ1) is 28.0. The molecule has 12 nitrogen and oxygen atoms in total. The highest BCUT2D eigenvalue weighted by Gasteiger charge is 2.49. The standard InChI is InChI=1S/C44H64ClN5O7S/c1-5-7-10-32-24-35(45)12-13-37(32)34-26-50-25-33-11-14-38(33)44(57-6-2,30-48-19-20-49-21-23-55-29-36(49)27-48)18-8-9-31(3)41(17-22-54-4)58(52,53)47-43(51)39-15-16-40(56-28-34)42(50)46-39/h8,12-13,15-16,18,24,31,33-34,36,38,41H,5-7,9-11,14,17,19-23,25-30H2,1-4H3,(H,47,51)/b18-8+/t31-,33-,34-,36-,38+,41+,44+/m0/s1. The number of benzene rings is 1. The van der Waals surface area contributed by atoms with Gasteiger partial charge in [0, 0.05) is 83.1 Å². The lowest BCUT2D eigenvalue weighted by molar-refractivity contribution is -0.121. The van der Waals surface area contributed by atoms with E-state index in [1.165, 1.54) is 11.1 Å². The quantitative estimate of drug-likeness (QED) is 0.271. The number of rotatable bonds is 11. The number of sulfonamides is 1. The van der Waals surface area contributed by atoms with Gasteiger partial charge in [0.1, 0.15) is 11.3 Å². The number of aromatic nitrogens is 1. The second-order valence-corrected chi connectivity index (χ2v) is 19.5. The van der Waals surface area contributed by atoms with Crippen molar-refractivity contribution in [2.45, 2.75) is 88.5 Å². The topological polar surface area (TPSA) is 123 Å². The van der Waals surface area contributed by atoms with Crippen LogP contribution in [0.2, 0.25) is 5.02 Å². The Morgan fingerprint density at radius 2 is 1.93 bits per heavy atom. The summed E-state index contributed by atoms with van der Waals surface area (Å²) < 4.78 is 55.4. The summed E-state index contributed by atoms with van der Waals surface area (Å²) in [6.45, 7) is 14.9. The number of carbonyl (C=O) groups is 1. The van der Waals surface area contributed by atoms with Gasteiger partial charge in [0.2, 0.25) is 10.0 Å². The molecule has 5 heterocycles. The number of piperazine rings is 1. The monoisotopic (exact) mass is 841 g/mol. The summed E-state index contributed by atoms with van der Waals surface area (Å²) in [5, 5.41) is -0.146. The second kappa shape index (κ2) is 19.3. The molecular formula is C44H64ClN5O7S. The van der Waals surface area contributed by atoms with Gasteiger partial charge >= 0.3 is 0 Å². The van der Waals surface area contributed by atoms with Crippen LogP contribution in [0.3, 0.4) is 0 Å². The third-order valence-electron chi connectivity index (χ3n) is 13.3. The average Bonchev–Trinajstić information content (AvgIpc) is 3.37. The summed E-state index contributed by atoms with van der Waals surface area (Å²) in [7, 11) is -2.56. The maximum absolute atomic E-state index is 14.1. The third kappa shape index (κ3) is 9.72. The van der Waals surface area contributed by atoms with Crippen LogP contribution in [0.5, 0.6) is 5.75 Å². The molecule has 2 bridgehead atoms. The number of allylic oxidation sites excluding steroid dienone is 1. The first-order valence-corrected chi connectivity index (χ1v) is 23.5. The molecule has 1 aliphatic carbocycles. The van der Waals surface area contributed by atoms with Crippen LogP contribution in [0.15, 0.2) is 42.5 Å². The Balaban J connectivity index is 1.29. The third-order valence-corrected chi connectivity index (χ3v) is 15.5. The lowest BCUT2D eigenvalue weighted by Crippen LogP contribution is -2.62. The minimum absolute atomic E-state index is 0.00804. The van der Waals surface area contributed by atoms with Gasteiger partial charge in [-0.15, -0.1) is 0 Å². The van der Waals surface area contributed by atoms with Crippen LogP contribution >= 0.6 is 11.6 Å². The normalized spacial score (nSPS) is 31.2. The predicted octanol–water partition coefficient (Wildman–Crippen LogP) is 5.94. The summed E-state index contributed by atoms with van der Waals surface area (Å²) in [5.74, 6) is 0.567. The number of carbonyl (C=O) groups excluding carboxylic acids is 1. The smallest absolute Gasteiger partial charge is 0.283 e. The maximum atomic E-state index is 14.1. The van der Waals surface area contributed by atoms with Crippen LogP contribution < -0.4 is 14.4 Å². The molecule has 1 amide bonds. The molecule has 0 unspecified atom stereocenters. The molecule has 0 spiro atoms. The van der Waals surface area contributed by atoms with E-state index in [-0.39, 0.29) is 42.4 Å². The Morgan fingerprint density at radius 3 is 2.71 bits per heavy atom. The van der Waals surface area contributed by atoms with Gasteiger partial charge in [-0.25, -0.2) is 18.1 Å². The Labute approximate surface area is 351 Å². The van der Waals surface area contributed by atoms with Gasteiger partial charge in [0.15, 0.2) is 11.6 Å². The minimum atomic E-state index is -4.12. The van der Waals surface area contributed by atoms with Crippen LogP contribution in [0, 0.1) is 17.8 Å². The van der Waals surface area contributed by atoms with E-state index >= 15 is 0 Å². The van der Waals surface area contributed by atoms with Gasteiger partial charge < -0.3 is 23.8 Å². The first-order valence-electron chi connectivity index (χ1n) is 21.6. The number of methoxy groups -OCH3 is 1. The zero-order chi connectivity index (χ0) is 40.9. The van der Waals surface area contributed by atoms with Gasteiger partial charge in [-0.1, -0.05) is 50.1 Å². The van der Waals surface area contributed by atoms with E-state index < -0.39 is 26.8 Å². The summed E-state index contributed by atoms with van der Waals surface area (Å²) >= 11 is 6.56. The zero-order valence-electron chi connectivity index (χ0n) is 34.9. The number of aryl methyl sites for hydroxylation is 1. The molecule has 7 atom stereocenters. The van der Waals surface area contributed by atoms with E-state index in [0.717, 1.165) is 83.1 Å². The van der Waals surface area contributed by atoms with Crippen molar-refractivity contribution < 1.29 is 32.2 Å². The molecule has 2 aromatic rings. The van der Waals surface area contributed by atoms with Gasteiger partial charge in [-0.05, 0) is 98.6 Å². The van der Waals surface area contributed by atoms with Crippen molar-refractivity contribution in [3.05, 3.63) is 64.3 Å². The van der Waals surface area contributed by atoms with E-state index in [0.29, 0.717) is 50.3 Å². The summed E-state index contributed by atoms with van der Waals surface area (Å²) in [5.41, 5.74) is 1.88. The molecule has 3 fully saturated rings. The van der Waals surface area contributed by atoms with Crippen molar-refractivity contribution >= 4 is 33.3 Å². The molecule has 4 aliphatic heterocycles. The van der Waals surface area contributed by atoms with Crippen molar-refractivity contribution in [2.24, 2.45) is 17.8 Å². The van der Waals surface area contributed by atoms with Crippen LogP contribution in [-0.2, 0) is 30.7 Å². The van der Waals surface area contributed by atoms with Crippen LogP contribution in [0.1, 0.15) is 86.8 Å². The van der Waals surface area contributed by atoms with E-state index in [4.69, 9.17) is 35.5 Å². The molecule has 1 N–H and O–H groups in total. The molecule has 320 valence electrons. The van der Waals surface area contributed by atoms with Crippen molar-refractivity contribution in [3.63, 3.8) is 0 Å². The highest BCUT2D eigenvalue weighted by molar-refractivity contribution is 7.90. The Kier molecular flexibility index (Phi) is 14.4. The molecule has 1 aromatic carbocycles. The largest absolute Gasteiger partial charge is 0.489 e. The fraction of sp³-hybridized carbons (Fsp3) is 0.682. The average molecular weight is 843 g/mol. The van der Waals surface area contributed by atoms with Crippen LogP contribution in [-0.4, -0.2) is 132 Å². The fourth-order valence-corrected chi connectivity index (χ4v) is 11.9. The van der Waals surface area contributed by atoms with Gasteiger partial charge in [-0.3, -0.25) is 14.6 Å². The highest BCUT2D eigenvalue weighted by atomic mass is 35.5. The van der Waals surface area contributed by atoms with Crippen LogP contribution in [0.25, 0.3) is 0 Å². The number of ether oxygens (including phenoxy) is 4. The predicted molar refractivity (Wildman–Crippen MR) is 228 cm³/mol. The molecule has 58 heavy (non-hydrogen) atoms. The van der Waals surface area contributed by atoms with E-state index in [1.54, 1.807) is 19.2 Å². The Morgan fingerprint density at radius 1 is 1.07 bits per heavy atom. The van der Waals surface area contributed by atoms with E-state index in [1.807, 2.05) is 13.0 Å². The molecule has 5 aliphatic rings. The van der Waals surface area contributed by atoms with Crippen molar-refractivity contribution in [1.29, 1.82) is 0 Å². The van der Waals surface area contributed by atoms with Gasteiger partial charge in [0.25, 0.3) is 5.91 Å². The maximum Gasteiger partial charge on any atom is 0.283 e. The number of halogens is 1. The number of hydrogen-bond acceptors (Lipinski definition) is 11. The number of nitrogens with one attached hydrogen (secondary N) is 1. The molecule has 0 radical (unpaired) electrons. The Bertz CT molecular complexity index is 1870. The minimum Gasteiger partial charge on any atom is -0.489 e. The summed E-state index contributed by atoms with van der Waals surface area (Å²) in [6.07, 6.45) is 10.3. The fourth-order valence-electron chi connectivity index (χ4n) is 10.1. The number of unbranched alkanes of at least 4 members (excludes halogenated alkanes) is 1. The molecule has 1 aromatic heterocycles. The second-order valence-electron chi connectivity index (χ2n) is 17.1. The number of anilines is 1. The van der Waals surface area contributed by atoms with Crippen molar-refractivity contribution in [1.82, 2.24) is 19.5 Å². The molecular weight excluding hydrogens is 778 g/mol. The number of hydrogen-bond donors (Lipinski definition) is 1.